The van der Waals surface area contributed by atoms with E-state index in [1.807, 2.05) is 23.2 Å². The Morgan fingerprint density at radius 3 is 2.96 bits per heavy atom. The van der Waals surface area contributed by atoms with Gasteiger partial charge >= 0.3 is 6.03 Å². The Hall–Kier alpha value is -1.70. The number of urea groups is 1. The van der Waals surface area contributed by atoms with E-state index in [9.17, 15) is 4.79 Å². The van der Waals surface area contributed by atoms with Gasteiger partial charge in [-0.05, 0) is 31.5 Å². The van der Waals surface area contributed by atoms with Crippen molar-refractivity contribution in [2.75, 3.05) is 46.4 Å². The fraction of sp³-hybridized carbons (Fsp3) is 0.667. The number of ether oxygens (including phenoxy) is 2. The quantitative estimate of drug-likeness (QED) is 0.863. The van der Waals surface area contributed by atoms with E-state index in [1.165, 1.54) is 0 Å². The molecule has 0 saturated carbocycles. The number of morpholine rings is 1. The molecule has 0 unspecified atom stereocenters. The van der Waals surface area contributed by atoms with Crippen LogP contribution in [0.15, 0.2) is 24.5 Å². The second-order valence-corrected chi connectivity index (χ2v) is 6.80. The highest BCUT2D eigenvalue weighted by molar-refractivity contribution is 5.74. The van der Waals surface area contributed by atoms with Crippen molar-refractivity contribution >= 4 is 6.03 Å². The van der Waals surface area contributed by atoms with Gasteiger partial charge in [-0.1, -0.05) is 6.07 Å². The molecule has 138 valence electrons. The lowest BCUT2D eigenvalue weighted by atomic mass is 10.1. The van der Waals surface area contributed by atoms with Crippen LogP contribution in [0.3, 0.4) is 0 Å². The van der Waals surface area contributed by atoms with Gasteiger partial charge in [-0.25, -0.2) is 4.79 Å². The molecule has 2 amide bonds. The van der Waals surface area contributed by atoms with Crippen molar-refractivity contribution in [1.29, 1.82) is 0 Å². The Labute approximate surface area is 149 Å². The minimum atomic E-state index is 0.00235. The lowest BCUT2D eigenvalue weighted by molar-refractivity contribution is -0.0183. The van der Waals surface area contributed by atoms with E-state index in [0.717, 1.165) is 51.2 Å². The van der Waals surface area contributed by atoms with Gasteiger partial charge in [-0.15, -0.1) is 0 Å². The van der Waals surface area contributed by atoms with E-state index in [2.05, 4.69) is 22.2 Å². The number of nitrogens with zero attached hydrogens (tertiary/aromatic N) is 3. The Morgan fingerprint density at radius 1 is 1.40 bits per heavy atom. The lowest BCUT2D eigenvalue weighted by Gasteiger charge is -2.33. The van der Waals surface area contributed by atoms with Gasteiger partial charge in [0.1, 0.15) is 0 Å². The van der Waals surface area contributed by atoms with Crippen molar-refractivity contribution < 1.29 is 14.3 Å². The third-order valence-electron chi connectivity index (χ3n) is 4.76. The summed E-state index contributed by atoms with van der Waals surface area (Å²) in [5, 5.41) is 3.00. The van der Waals surface area contributed by atoms with Gasteiger partial charge in [-0.3, -0.25) is 4.98 Å². The normalized spacial score (nSPS) is 22.8. The van der Waals surface area contributed by atoms with E-state index in [1.54, 1.807) is 6.20 Å². The first kappa shape index (κ1) is 18.1. The maximum Gasteiger partial charge on any atom is 0.317 e. The summed E-state index contributed by atoms with van der Waals surface area (Å²) in [6, 6.07) is 3.93. The maximum atomic E-state index is 12.3. The number of nitrogens with one attached hydrogen (secondary N) is 1. The second kappa shape index (κ2) is 9.12. The van der Waals surface area contributed by atoms with Gasteiger partial charge in [0.15, 0.2) is 0 Å². The predicted molar refractivity (Wildman–Crippen MR) is 94.3 cm³/mol. The second-order valence-electron chi connectivity index (χ2n) is 6.80. The molecule has 1 aromatic rings. The number of piperidine rings is 1. The summed E-state index contributed by atoms with van der Waals surface area (Å²) in [7, 11) is 2.08. The summed E-state index contributed by atoms with van der Waals surface area (Å²) in [5.41, 5.74) is 1.08. The molecule has 7 heteroatoms. The summed E-state index contributed by atoms with van der Waals surface area (Å²) >= 11 is 0. The monoisotopic (exact) mass is 348 g/mol. The fourth-order valence-corrected chi connectivity index (χ4v) is 3.23. The number of carbonyl (C=O) groups excluding carboxylic acids is 1. The van der Waals surface area contributed by atoms with Gasteiger partial charge in [-0.2, -0.15) is 0 Å². The van der Waals surface area contributed by atoms with E-state index in [4.69, 9.17) is 9.47 Å². The highest BCUT2D eigenvalue weighted by Gasteiger charge is 2.24. The number of aromatic nitrogens is 1. The molecule has 0 aromatic carbocycles. The average Bonchev–Trinajstić information content (AvgIpc) is 2.66. The number of amides is 2. The molecule has 3 heterocycles. The zero-order valence-corrected chi connectivity index (χ0v) is 14.9. The molecular formula is C18H28N4O3. The molecule has 2 fully saturated rings. The van der Waals surface area contributed by atoms with E-state index in [0.29, 0.717) is 13.2 Å². The van der Waals surface area contributed by atoms with E-state index >= 15 is 0 Å². The molecule has 3 rings (SSSR count). The summed E-state index contributed by atoms with van der Waals surface area (Å²) in [6.07, 6.45) is 5.62. The topological polar surface area (TPSA) is 66.9 Å². The Kier molecular flexibility index (Phi) is 6.61. The first-order chi connectivity index (χ1) is 12.2. The number of likely N-dealkylation sites (tertiary alicyclic amines) is 1. The molecule has 0 aliphatic carbocycles. The highest BCUT2D eigenvalue weighted by Crippen LogP contribution is 2.15. The summed E-state index contributed by atoms with van der Waals surface area (Å²) < 4.78 is 11.6. The minimum Gasteiger partial charge on any atom is -0.374 e. The minimum absolute atomic E-state index is 0.00235. The molecule has 25 heavy (non-hydrogen) atoms. The summed E-state index contributed by atoms with van der Waals surface area (Å²) in [6.45, 7) is 5.17. The summed E-state index contributed by atoms with van der Waals surface area (Å²) in [4.78, 5) is 20.5. The molecule has 2 aliphatic rings. The average molecular weight is 348 g/mol. The number of hydrogen-bond acceptors (Lipinski definition) is 5. The molecule has 2 aliphatic heterocycles. The smallest absolute Gasteiger partial charge is 0.317 e. The van der Waals surface area contributed by atoms with E-state index < -0.39 is 0 Å². The molecule has 1 atom stereocenters. The SMILES string of the molecule is CN1CCO[C@@H](CNC(=O)N2CCC(OCc3cccnc3)CC2)C1. The number of likely N-dealkylation sites (N-methyl/N-ethyl adjacent to an activating group) is 1. The van der Waals surface area contributed by atoms with Crippen LogP contribution in [-0.4, -0.2) is 79.4 Å². The van der Waals surface area contributed by atoms with Crippen molar-refractivity contribution in [2.24, 2.45) is 0 Å². The van der Waals surface area contributed by atoms with Gasteiger partial charge in [0.25, 0.3) is 0 Å². The van der Waals surface area contributed by atoms with Gasteiger partial charge in [0, 0.05) is 45.1 Å². The first-order valence-corrected chi connectivity index (χ1v) is 9.04. The maximum absolute atomic E-state index is 12.3. The zero-order chi connectivity index (χ0) is 17.5. The molecule has 1 aromatic heterocycles. The largest absolute Gasteiger partial charge is 0.374 e. The van der Waals surface area contributed by atoms with Crippen LogP contribution in [0, 0.1) is 0 Å². The molecule has 0 spiro atoms. The number of hydrogen-bond donors (Lipinski definition) is 1. The fourth-order valence-electron chi connectivity index (χ4n) is 3.23. The van der Waals surface area contributed by atoms with Gasteiger partial charge in [0.2, 0.25) is 0 Å². The van der Waals surface area contributed by atoms with Crippen LogP contribution in [-0.2, 0) is 16.1 Å². The Bertz CT molecular complexity index is 534. The highest BCUT2D eigenvalue weighted by atomic mass is 16.5. The number of carbonyl (C=O) groups is 1. The lowest BCUT2D eigenvalue weighted by Crippen LogP contribution is -2.50. The molecule has 1 N–H and O–H groups in total. The third-order valence-corrected chi connectivity index (χ3v) is 4.76. The predicted octanol–water partition coefficient (Wildman–Crippen LogP) is 1.10. The first-order valence-electron chi connectivity index (χ1n) is 9.04. The molecule has 2 saturated heterocycles. The summed E-state index contributed by atoms with van der Waals surface area (Å²) in [5.74, 6) is 0. The van der Waals surface area contributed by atoms with Crippen LogP contribution in [0.4, 0.5) is 4.79 Å². The Morgan fingerprint density at radius 2 is 2.24 bits per heavy atom. The van der Waals surface area contributed by atoms with Crippen LogP contribution in [0.25, 0.3) is 0 Å². The van der Waals surface area contributed by atoms with Crippen LogP contribution >= 0.6 is 0 Å². The van der Waals surface area contributed by atoms with Crippen LogP contribution in [0.5, 0.6) is 0 Å². The van der Waals surface area contributed by atoms with Crippen LogP contribution < -0.4 is 5.32 Å². The molecule has 0 bridgehead atoms. The molecule has 7 nitrogen and oxygen atoms in total. The molecule has 0 radical (unpaired) electrons. The molecular weight excluding hydrogens is 320 g/mol. The van der Waals surface area contributed by atoms with E-state index in [-0.39, 0.29) is 18.2 Å². The van der Waals surface area contributed by atoms with Crippen molar-refractivity contribution in [2.45, 2.75) is 31.7 Å². The van der Waals surface area contributed by atoms with Crippen LogP contribution in [0.2, 0.25) is 0 Å². The number of pyridine rings is 1. The standard InChI is InChI=1S/C18H28N4O3/c1-21-9-10-24-17(13-21)12-20-18(23)22-7-4-16(5-8-22)25-14-15-3-2-6-19-11-15/h2-3,6,11,16-17H,4-5,7-10,12-14H2,1H3,(H,20,23)/t17-/m0/s1. The third kappa shape index (κ3) is 5.66. The van der Waals surface area contributed by atoms with Crippen molar-refractivity contribution in [3.8, 4) is 0 Å². The van der Waals surface area contributed by atoms with Gasteiger partial charge < -0.3 is 24.6 Å². The van der Waals surface area contributed by atoms with Gasteiger partial charge in [0.05, 0.1) is 25.4 Å². The van der Waals surface area contributed by atoms with Crippen LogP contribution in [0.1, 0.15) is 18.4 Å². The zero-order valence-electron chi connectivity index (χ0n) is 14.9. The van der Waals surface area contributed by atoms with Crippen molar-refractivity contribution in [3.05, 3.63) is 30.1 Å². The number of rotatable bonds is 5. The van der Waals surface area contributed by atoms with Crippen molar-refractivity contribution in [1.82, 2.24) is 20.1 Å². The van der Waals surface area contributed by atoms with Crippen molar-refractivity contribution in [3.63, 3.8) is 0 Å². The Balaban J connectivity index is 1.33.